The summed E-state index contributed by atoms with van der Waals surface area (Å²) in [5.41, 5.74) is 1.42. The van der Waals surface area contributed by atoms with Gasteiger partial charge >= 0.3 is 0 Å². The van der Waals surface area contributed by atoms with Crippen molar-refractivity contribution in [2.75, 3.05) is 6.61 Å². The molecule has 2 heteroatoms. The van der Waals surface area contributed by atoms with Crippen LogP contribution in [0.3, 0.4) is 0 Å². The summed E-state index contributed by atoms with van der Waals surface area (Å²) in [7, 11) is 0. The van der Waals surface area contributed by atoms with Crippen LogP contribution in [-0.4, -0.2) is 12.3 Å². The topological polar surface area (TPSA) is 21.3 Å². The van der Waals surface area contributed by atoms with Gasteiger partial charge in [0.15, 0.2) is 0 Å². The van der Waals surface area contributed by atoms with E-state index >= 15 is 0 Å². The van der Waals surface area contributed by atoms with E-state index in [0.29, 0.717) is 6.04 Å². The Bertz CT molecular complexity index is 332. The van der Waals surface area contributed by atoms with Crippen LogP contribution in [0, 0.1) is 0 Å². The van der Waals surface area contributed by atoms with E-state index in [1.54, 1.807) is 0 Å². The summed E-state index contributed by atoms with van der Waals surface area (Å²) in [4.78, 5) is 0. The van der Waals surface area contributed by atoms with Gasteiger partial charge in [0.05, 0.1) is 6.61 Å². The summed E-state index contributed by atoms with van der Waals surface area (Å²) >= 11 is 0. The van der Waals surface area contributed by atoms with Crippen LogP contribution in [0.5, 0.6) is 0 Å². The summed E-state index contributed by atoms with van der Waals surface area (Å²) in [5, 5.41) is 3.66. The van der Waals surface area contributed by atoms with Crippen molar-refractivity contribution in [3.05, 3.63) is 35.9 Å². The second kappa shape index (κ2) is 3.62. The van der Waals surface area contributed by atoms with Gasteiger partial charge in [-0.05, 0) is 31.2 Å². The van der Waals surface area contributed by atoms with Crippen LogP contribution in [0.1, 0.15) is 37.3 Å². The second-order valence-corrected chi connectivity index (χ2v) is 4.59. The van der Waals surface area contributed by atoms with Crippen LogP contribution in [-0.2, 0) is 4.74 Å². The highest BCUT2D eigenvalue weighted by molar-refractivity contribution is 5.20. The molecule has 2 nitrogen and oxygen atoms in total. The summed E-state index contributed by atoms with van der Waals surface area (Å²) in [6, 6.07) is 11.2. The van der Waals surface area contributed by atoms with E-state index in [4.69, 9.17) is 4.74 Å². The maximum Gasteiger partial charge on any atom is 0.119 e. The lowest BCUT2D eigenvalue weighted by atomic mass is 9.85. The molecule has 0 amide bonds. The van der Waals surface area contributed by atoms with Gasteiger partial charge in [0.1, 0.15) is 5.72 Å². The molecule has 1 spiro atoms. The quantitative estimate of drug-likeness (QED) is 0.757. The molecule has 2 aliphatic rings. The fourth-order valence-electron chi connectivity index (χ4n) is 2.53. The van der Waals surface area contributed by atoms with Gasteiger partial charge < -0.3 is 4.74 Å². The summed E-state index contributed by atoms with van der Waals surface area (Å²) in [5.74, 6) is 0. The van der Waals surface area contributed by atoms with Crippen molar-refractivity contribution in [3.63, 3.8) is 0 Å². The van der Waals surface area contributed by atoms with E-state index in [2.05, 4.69) is 35.6 Å². The average Bonchev–Trinajstić information content (AvgIpc) is 2.28. The van der Waals surface area contributed by atoms with E-state index in [9.17, 15) is 0 Å². The molecule has 0 radical (unpaired) electrons. The number of nitrogens with one attached hydrogen (secondary N) is 1. The highest BCUT2D eigenvalue weighted by Crippen LogP contribution is 2.39. The Hall–Kier alpha value is -0.860. The van der Waals surface area contributed by atoms with Gasteiger partial charge in [-0.3, -0.25) is 5.32 Å². The maximum atomic E-state index is 5.84. The third kappa shape index (κ3) is 1.68. The van der Waals surface area contributed by atoms with E-state index < -0.39 is 0 Å². The Labute approximate surface area is 90.6 Å². The third-order valence-electron chi connectivity index (χ3n) is 3.59. The number of hydrogen-bond acceptors (Lipinski definition) is 2. The van der Waals surface area contributed by atoms with Crippen LogP contribution in [0.2, 0.25) is 0 Å². The summed E-state index contributed by atoms with van der Waals surface area (Å²) in [6.45, 7) is 0.895. The zero-order valence-corrected chi connectivity index (χ0v) is 8.91. The molecule has 1 N–H and O–H groups in total. The number of hydrogen-bond donors (Lipinski definition) is 1. The Kier molecular flexibility index (Phi) is 2.26. The zero-order valence-electron chi connectivity index (χ0n) is 8.91. The van der Waals surface area contributed by atoms with Gasteiger partial charge in [0.2, 0.25) is 0 Å². The van der Waals surface area contributed by atoms with Crippen LogP contribution in [0.15, 0.2) is 30.3 Å². The molecule has 1 heterocycles. The highest BCUT2D eigenvalue weighted by Gasteiger charge is 2.42. The van der Waals surface area contributed by atoms with Crippen LogP contribution in [0.4, 0.5) is 0 Å². The molecule has 1 aliphatic carbocycles. The number of ether oxygens (including phenoxy) is 1. The predicted octanol–water partition coefficient (Wildman–Crippen LogP) is 2.62. The maximum absolute atomic E-state index is 5.84. The molecule has 0 aromatic heterocycles. The molecule has 3 rings (SSSR count). The van der Waals surface area contributed by atoms with Crippen molar-refractivity contribution in [3.8, 4) is 0 Å². The standard InChI is InChI=1S/C13H17NO/c1-2-5-11(6-3-1)12-7-10-15-13(14-12)8-4-9-13/h1-3,5-6,12,14H,4,7-10H2. The molecule has 1 saturated heterocycles. The molecule has 1 aromatic carbocycles. The largest absolute Gasteiger partial charge is 0.361 e. The Morgan fingerprint density at radius 3 is 2.67 bits per heavy atom. The molecule has 1 aliphatic heterocycles. The molecular formula is C13H17NO. The van der Waals surface area contributed by atoms with E-state index in [1.165, 1.54) is 24.8 Å². The average molecular weight is 203 g/mol. The molecule has 1 unspecified atom stereocenters. The first kappa shape index (κ1) is 9.37. The van der Waals surface area contributed by atoms with Gasteiger partial charge in [-0.2, -0.15) is 0 Å². The minimum absolute atomic E-state index is 0.0265. The fraction of sp³-hybridized carbons (Fsp3) is 0.538. The van der Waals surface area contributed by atoms with Crippen molar-refractivity contribution in [2.45, 2.75) is 37.5 Å². The summed E-state index contributed by atoms with van der Waals surface area (Å²) < 4.78 is 5.84. The normalized spacial score (nSPS) is 28.7. The minimum atomic E-state index is 0.0265. The van der Waals surface area contributed by atoms with Gasteiger partial charge in [0, 0.05) is 6.04 Å². The van der Waals surface area contributed by atoms with Gasteiger partial charge in [-0.1, -0.05) is 30.3 Å². The van der Waals surface area contributed by atoms with Crippen molar-refractivity contribution in [2.24, 2.45) is 0 Å². The molecule has 0 bridgehead atoms. The zero-order chi connectivity index (χ0) is 10.1. The molecular weight excluding hydrogens is 186 g/mol. The molecule has 2 fully saturated rings. The molecule has 15 heavy (non-hydrogen) atoms. The fourth-order valence-corrected chi connectivity index (χ4v) is 2.53. The lowest BCUT2D eigenvalue weighted by molar-refractivity contribution is -0.157. The van der Waals surface area contributed by atoms with Crippen molar-refractivity contribution in [1.29, 1.82) is 0 Å². The highest BCUT2D eigenvalue weighted by atomic mass is 16.5. The van der Waals surface area contributed by atoms with Crippen LogP contribution < -0.4 is 5.32 Å². The smallest absolute Gasteiger partial charge is 0.119 e. The minimum Gasteiger partial charge on any atom is -0.361 e. The van der Waals surface area contributed by atoms with E-state index in [0.717, 1.165) is 13.0 Å². The number of rotatable bonds is 1. The Morgan fingerprint density at radius 1 is 1.20 bits per heavy atom. The Balaban J connectivity index is 1.77. The lowest BCUT2D eigenvalue weighted by Gasteiger charge is -2.48. The monoisotopic (exact) mass is 203 g/mol. The molecule has 80 valence electrons. The first-order valence-electron chi connectivity index (χ1n) is 5.85. The molecule has 1 aromatic rings. The van der Waals surface area contributed by atoms with Gasteiger partial charge in [-0.15, -0.1) is 0 Å². The first-order chi connectivity index (χ1) is 7.38. The third-order valence-corrected chi connectivity index (χ3v) is 3.59. The van der Waals surface area contributed by atoms with E-state index in [1.807, 2.05) is 0 Å². The first-order valence-corrected chi connectivity index (χ1v) is 5.85. The molecule has 1 atom stereocenters. The molecule has 1 saturated carbocycles. The second-order valence-electron chi connectivity index (χ2n) is 4.59. The predicted molar refractivity (Wildman–Crippen MR) is 59.5 cm³/mol. The Morgan fingerprint density at radius 2 is 2.00 bits per heavy atom. The van der Waals surface area contributed by atoms with Crippen molar-refractivity contribution in [1.82, 2.24) is 5.32 Å². The van der Waals surface area contributed by atoms with E-state index in [-0.39, 0.29) is 5.72 Å². The van der Waals surface area contributed by atoms with Crippen molar-refractivity contribution >= 4 is 0 Å². The van der Waals surface area contributed by atoms with Gasteiger partial charge in [-0.25, -0.2) is 0 Å². The summed E-state index contributed by atoms with van der Waals surface area (Å²) in [6.07, 6.45) is 4.74. The lowest BCUT2D eigenvalue weighted by Crippen LogP contribution is -2.57. The van der Waals surface area contributed by atoms with Gasteiger partial charge in [0.25, 0.3) is 0 Å². The SMILES string of the molecule is c1ccc(C2CCOC3(CCC3)N2)cc1. The van der Waals surface area contributed by atoms with Crippen LogP contribution >= 0.6 is 0 Å². The van der Waals surface area contributed by atoms with Crippen molar-refractivity contribution < 1.29 is 4.74 Å². The number of benzene rings is 1. The van der Waals surface area contributed by atoms with Crippen LogP contribution in [0.25, 0.3) is 0 Å².